The Morgan fingerprint density at radius 3 is 1.21 bits per heavy atom. The van der Waals surface area contributed by atoms with Gasteiger partial charge in [-0.1, -0.05) is 37.4 Å². The minimum atomic E-state index is -2.35. The SMILES string of the molecule is C=C(C)C(=O)O[Si](C)(C)c1ccc([Si](C)(C)OC(=O)C(=C)C)cc1. The van der Waals surface area contributed by atoms with E-state index in [1.165, 1.54) is 0 Å². The molecule has 0 bridgehead atoms. The Bertz CT molecular complexity index is 614. The molecule has 1 aromatic carbocycles. The van der Waals surface area contributed by atoms with E-state index >= 15 is 0 Å². The van der Waals surface area contributed by atoms with Crippen LogP contribution in [0, 0.1) is 0 Å². The van der Waals surface area contributed by atoms with Gasteiger partial charge in [-0.2, -0.15) is 0 Å². The van der Waals surface area contributed by atoms with E-state index in [0.717, 1.165) is 10.4 Å². The molecule has 0 saturated heterocycles. The topological polar surface area (TPSA) is 52.6 Å². The highest BCUT2D eigenvalue weighted by atomic mass is 28.4. The molecule has 0 fully saturated rings. The predicted octanol–water partition coefficient (Wildman–Crippen LogP) is 2.75. The fraction of sp³-hybridized carbons (Fsp3) is 0.333. The zero-order valence-corrected chi connectivity index (χ0v) is 17.4. The Hall–Kier alpha value is -1.93. The maximum absolute atomic E-state index is 11.8. The molecule has 0 aliphatic heterocycles. The Labute approximate surface area is 146 Å². The minimum absolute atomic E-state index is 0.360. The predicted molar refractivity (Wildman–Crippen MR) is 102 cm³/mol. The maximum Gasteiger partial charge on any atom is 0.320 e. The fourth-order valence-corrected chi connectivity index (χ4v) is 5.48. The minimum Gasteiger partial charge on any atom is -0.512 e. The highest BCUT2D eigenvalue weighted by molar-refractivity contribution is 6.87. The monoisotopic (exact) mass is 362 g/mol. The second-order valence-electron chi connectivity index (χ2n) is 6.94. The smallest absolute Gasteiger partial charge is 0.320 e. The second-order valence-corrected chi connectivity index (χ2v) is 14.5. The number of benzene rings is 1. The van der Waals surface area contributed by atoms with Crippen LogP contribution >= 0.6 is 0 Å². The molecule has 4 nitrogen and oxygen atoms in total. The van der Waals surface area contributed by atoms with Gasteiger partial charge in [0.2, 0.25) is 0 Å². The molecule has 1 rings (SSSR count). The van der Waals surface area contributed by atoms with Gasteiger partial charge in [0.25, 0.3) is 16.6 Å². The second kappa shape index (κ2) is 7.31. The third-order valence-corrected chi connectivity index (χ3v) is 8.51. The summed E-state index contributed by atoms with van der Waals surface area (Å²) in [6.45, 7) is 18.4. The third kappa shape index (κ3) is 5.04. The summed E-state index contributed by atoms with van der Waals surface area (Å²) in [5.41, 5.74) is 0.792. The van der Waals surface area contributed by atoms with Gasteiger partial charge in [0.05, 0.1) is 0 Å². The van der Waals surface area contributed by atoms with Crippen LogP contribution in [0.25, 0.3) is 0 Å². The number of hydrogen-bond donors (Lipinski definition) is 0. The van der Waals surface area contributed by atoms with Gasteiger partial charge in [-0.3, -0.25) is 0 Å². The van der Waals surface area contributed by atoms with Crippen LogP contribution in [-0.4, -0.2) is 28.6 Å². The largest absolute Gasteiger partial charge is 0.512 e. The van der Waals surface area contributed by atoms with Gasteiger partial charge < -0.3 is 8.85 Å². The van der Waals surface area contributed by atoms with Crippen LogP contribution in [-0.2, 0) is 18.4 Å². The van der Waals surface area contributed by atoms with E-state index in [1.807, 2.05) is 50.5 Å². The Morgan fingerprint density at radius 1 is 0.750 bits per heavy atom. The van der Waals surface area contributed by atoms with Crippen molar-refractivity contribution in [3.63, 3.8) is 0 Å². The first-order chi connectivity index (χ1) is 10.9. The van der Waals surface area contributed by atoms with Crippen LogP contribution < -0.4 is 10.4 Å². The highest BCUT2D eigenvalue weighted by Gasteiger charge is 2.33. The summed E-state index contributed by atoms with van der Waals surface area (Å²) in [5, 5.41) is 1.99. The average molecular weight is 363 g/mol. The van der Waals surface area contributed by atoms with E-state index in [2.05, 4.69) is 13.2 Å². The van der Waals surface area contributed by atoms with Crippen molar-refractivity contribution in [3.05, 3.63) is 48.6 Å². The first-order valence-corrected chi connectivity index (χ1v) is 13.6. The van der Waals surface area contributed by atoms with Crippen molar-refractivity contribution < 1.29 is 18.4 Å². The van der Waals surface area contributed by atoms with Gasteiger partial charge >= 0.3 is 11.9 Å². The van der Waals surface area contributed by atoms with E-state index in [0.29, 0.717) is 11.1 Å². The summed E-state index contributed by atoms with van der Waals surface area (Å²) >= 11 is 0. The Balaban J connectivity index is 2.99. The van der Waals surface area contributed by atoms with E-state index in [1.54, 1.807) is 13.8 Å². The molecular formula is C18H26O4Si2. The van der Waals surface area contributed by atoms with Gasteiger partial charge in [0.15, 0.2) is 0 Å². The standard InChI is InChI=1S/C18H26O4Si2/c1-13(2)17(19)21-23(5,6)15-9-11-16(12-10-15)24(7,8)22-18(20)14(3)4/h9-12H,1,3H2,2,4-8H3. The lowest BCUT2D eigenvalue weighted by molar-refractivity contribution is -0.131. The Morgan fingerprint density at radius 2 is 1.00 bits per heavy atom. The molecule has 0 N–H and O–H groups in total. The number of hydrogen-bond acceptors (Lipinski definition) is 4. The van der Waals surface area contributed by atoms with Gasteiger partial charge in [-0.25, -0.2) is 9.59 Å². The number of rotatable bonds is 6. The molecule has 0 radical (unpaired) electrons. The van der Waals surface area contributed by atoms with Crippen molar-refractivity contribution in [1.82, 2.24) is 0 Å². The van der Waals surface area contributed by atoms with Crippen LogP contribution in [0.1, 0.15) is 13.8 Å². The van der Waals surface area contributed by atoms with Gasteiger partial charge in [0, 0.05) is 11.1 Å². The molecule has 130 valence electrons. The maximum atomic E-state index is 11.8. The summed E-state index contributed by atoms with van der Waals surface area (Å²) in [6, 6.07) is 7.82. The van der Waals surface area contributed by atoms with Crippen molar-refractivity contribution in [2.75, 3.05) is 0 Å². The quantitative estimate of drug-likeness (QED) is 0.577. The molecule has 0 spiro atoms. The molecular weight excluding hydrogens is 336 g/mol. The molecule has 0 aromatic heterocycles. The highest BCUT2D eigenvalue weighted by Crippen LogP contribution is 2.11. The van der Waals surface area contributed by atoms with Crippen LogP contribution in [0.3, 0.4) is 0 Å². The van der Waals surface area contributed by atoms with Crippen LogP contribution in [0.15, 0.2) is 48.6 Å². The normalized spacial score (nSPS) is 11.6. The molecule has 0 unspecified atom stereocenters. The summed E-state index contributed by atoms with van der Waals surface area (Å²) < 4.78 is 11.2. The van der Waals surface area contributed by atoms with Crippen LogP contribution in [0.5, 0.6) is 0 Å². The lowest BCUT2D eigenvalue weighted by atomic mass is 10.4. The van der Waals surface area contributed by atoms with Gasteiger partial charge in [-0.05, 0) is 50.4 Å². The third-order valence-electron chi connectivity index (χ3n) is 3.67. The van der Waals surface area contributed by atoms with E-state index in [4.69, 9.17) is 8.85 Å². The van der Waals surface area contributed by atoms with E-state index < -0.39 is 16.6 Å². The molecule has 0 aliphatic rings. The molecule has 0 heterocycles. The number of carbonyl (C=O) groups excluding carboxylic acids is 2. The molecule has 24 heavy (non-hydrogen) atoms. The summed E-state index contributed by atoms with van der Waals surface area (Å²) in [7, 11) is -4.71. The summed E-state index contributed by atoms with van der Waals surface area (Å²) in [4.78, 5) is 23.6. The summed E-state index contributed by atoms with van der Waals surface area (Å²) in [5.74, 6) is -0.721. The molecule has 0 saturated carbocycles. The Kier molecular flexibility index (Phi) is 6.13. The van der Waals surface area contributed by atoms with Crippen molar-refractivity contribution in [2.24, 2.45) is 0 Å². The van der Waals surface area contributed by atoms with Gasteiger partial charge in [-0.15, -0.1) is 0 Å². The first-order valence-electron chi connectivity index (χ1n) is 7.75. The number of carbonyl (C=O) groups is 2. The zero-order chi connectivity index (χ0) is 18.7. The zero-order valence-electron chi connectivity index (χ0n) is 15.4. The van der Waals surface area contributed by atoms with Crippen LogP contribution in [0.2, 0.25) is 26.2 Å². The van der Waals surface area contributed by atoms with Gasteiger partial charge in [0.1, 0.15) is 0 Å². The lowest BCUT2D eigenvalue weighted by Crippen LogP contribution is -2.50. The van der Waals surface area contributed by atoms with Crippen molar-refractivity contribution in [3.8, 4) is 0 Å². The average Bonchev–Trinajstić information content (AvgIpc) is 2.46. The molecule has 0 amide bonds. The van der Waals surface area contributed by atoms with Crippen molar-refractivity contribution >= 4 is 38.9 Å². The lowest BCUT2D eigenvalue weighted by Gasteiger charge is -2.26. The molecule has 1 aromatic rings. The van der Waals surface area contributed by atoms with Crippen LogP contribution in [0.4, 0.5) is 0 Å². The molecule has 0 aliphatic carbocycles. The first kappa shape index (κ1) is 20.1. The van der Waals surface area contributed by atoms with E-state index in [9.17, 15) is 9.59 Å². The fourth-order valence-electron chi connectivity index (χ4n) is 2.03. The van der Waals surface area contributed by atoms with E-state index in [-0.39, 0.29) is 11.9 Å². The summed E-state index contributed by atoms with van der Waals surface area (Å²) in [6.07, 6.45) is 0. The molecule has 0 atom stereocenters. The molecule has 6 heteroatoms. The van der Waals surface area contributed by atoms with Crippen molar-refractivity contribution in [2.45, 2.75) is 40.0 Å². The van der Waals surface area contributed by atoms with Crippen molar-refractivity contribution in [1.29, 1.82) is 0 Å².